The number of nitrogens with one attached hydrogen (secondary N) is 1. The standard InChI is InChI=1S/C26H27ClFN5O3/c1-11-21(27)12(2)31-24(30-11)15-9-32(10-16(15)29)25(34)14-5-4-13(28)6-19(14)35-20-7-17-22-23(36-22)18-8-26(20,3)33(17)18/h4-6,15,17-18,20,22-23,29H,7-10H2,1-3H3. The highest BCUT2D eigenvalue weighted by Gasteiger charge is 2.76. The Morgan fingerprint density at radius 1 is 1.25 bits per heavy atom. The molecule has 36 heavy (non-hydrogen) atoms. The van der Waals surface area contributed by atoms with Gasteiger partial charge in [-0.15, -0.1) is 0 Å². The molecule has 0 spiro atoms. The highest BCUT2D eigenvalue weighted by atomic mass is 35.5. The third kappa shape index (κ3) is 3.05. The van der Waals surface area contributed by atoms with E-state index in [1.54, 1.807) is 18.7 Å². The first kappa shape index (κ1) is 22.6. The zero-order chi connectivity index (χ0) is 25.1. The van der Waals surface area contributed by atoms with Crippen molar-refractivity contribution in [2.24, 2.45) is 0 Å². The van der Waals surface area contributed by atoms with Gasteiger partial charge in [0.2, 0.25) is 0 Å². The van der Waals surface area contributed by atoms with Gasteiger partial charge in [0.15, 0.2) is 0 Å². The summed E-state index contributed by atoms with van der Waals surface area (Å²) in [6, 6.07) is 4.87. The first-order valence-corrected chi connectivity index (χ1v) is 12.8. The number of amides is 1. The Labute approximate surface area is 213 Å². The summed E-state index contributed by atoms with van der Waals surface area (Å²) in [5.41, 5.74) is 1.84. The summed E-state index contributed by atoms with van der Waals surface area (Å²) >= 11 is 6.22. The topological polar surface area (TPSA) is 94.9 Å². The maximum atomic E-state index is 14.3. The van der Waals surface area contributed by atoms with Gasteiger partial charge in [0.05, 0.1) is 40.0 Å². The Bertz CT molecular complexity index is 1320. The molecule has 2 aromatic rings. The highest BCUT2D eigenvalue weighted by Crippen LogP contribution is 2.62. The van der Waals surface area contributed by atoms with E-state index in [2.05, 4.69) is 21.8 Å². The van der Waals surface area contributed by atoms with Gasteiger partial charge in [-0.1, -0.05) is 11.6 Å². The minimum absolute atomic E-state index is 0.124. The van der Waals surface area contributed by atoms with E-state index in [4.69, 9.17) is 26.5 Å². The molecule has 1 N–H and O–H groups in total. The van der Waals surface area contributed by atoms with Gasteiger partial charge in [-0.05, 0) is 39.3 Å². The van der Waals surface area contributed by atoms with Gasteiger partial charge in [0.1, 0.15) is 35.7 Å². The Morgan fingerprint density at radius 3 is 2.69 bits per heavy atom. The van der Waals surface area contributed by atoms with Crippen LogP contribution in [0.25, 0.3) is 0 Å². The normalized spacial score (nSPS) is 36.0. The highest BCUT2D eigenvalue weighted by molar-refractivity contribution is 6.31. The lowest BCUT2D eigenvalue weighted by molar-refractivity contribution is -0.0934. The van der Waals surface area contributed by atoms with Gasteiger partial charge < -0.3 is 19.8 Å². The number of likely N-dealkylation sites (tertiary alicyclic amines) is 1. The van der Waals surface area contributed by atoms with Gasteiger partial charge in [0, 0.05) is 36.8 Å². The van der Waals surface area contributed by atoms with Gasteiger partial charge >= 0.3 is 0 Å². The number of benzene rings is 1. The number of fused-ring (bicyclic) bond motifs is 3. The molecule has 5 aliphatic heterocycles. The summed E-state index contributed by atoms with van der Waals surface area (Å²) in [5.74, 6) is -0.402. The van der Waals surface area contributed by atoms with Gasteiger partial charge in [-0.3, -0.25) is 9.69 Å². The van der Waals surface area contributed by atoms with E-state index in [-0.39, 0.29) is 42.5 Å². The summed E-state index contributed by atoms with van der Waals surface area (Å²) in [4.78, 5) is 26.7. The van der Waals surface area contributed by atoms with Crippen molar-refractivity contribution in [2.45, 2.75) is 75.5 Å². The second-order valence-electron chi connectivity index (χ2n) is 11.0. The van der Waals surface area contributed by atoms with Crippen molar-refractivity contribution in [1.29, 1.82) is 5.41 Å². The number of nitrogens with zero attached hydrogens (tertiary/aromatic N) is 4. The first-order valence-electron chi connectivity index (χ1n) is 12.4. The predicted molar refractivity (Wildman–Crippen MR) is 129 cm³/mol. The number of hydrogen-bond acceptors (Lipinski definition) is 7. The molecule has 5 saturated heterocycles. The lowest BCUT2D eigenvalue weighted by atomic mass is 9.78. The Kier molecular flexibility index (Phi) is 4.68. The number of rotatable bonds is 4. The maximum absolute atomic E-state index is 14.3. The maximum Gasteiger partial charge on any atom is 0.257 e. The van der Waals surface area contributed by atoms with Crippen LogP contribution in [0.4, 0.5) is 4.39 Å². The minimum Gasteiger partial charge on any atom is -0.487 e. The van der Waals surface area contributed by atoms with Crippen LogP contribution < -0.4 is 4.74 Å². The number of halogens is 2. The molecule has 7 rings (SSSR count). The first-order chi connectivity index (χ1) is 17.2. The lowest BCUT2D eigenvalue weighted by Crippen LogP contribution is -2.66. The van der Waals surface area contributed by atoms with Crippen LogP contribution in [0.3, 0.4) is 0 Å². The van der Waals surface area contributed by atoms with Crippen molar-refractivity contribution in [1.82, 2.24) is 19.8 Å². The summed E-state index contributed by atoms with van der Waals surface area (Å²) in [7, 11) is 0. The van der Waals surface area contributed by atoms with Gasteiger partial charge in [-0.2, -0.15) is 0 Å². The molecule has 188 valence electrons. The average Bonchev–Trinajstić information content (AvgIpc) is 3.36. The number of carbonyl (C=O) groups excluding carboxylic acids is 1. The van der Waals surface area contributed by atoms with Crippen LogP contribution in [0, 0.1) is 25.1 Å². The second-order valence-corrected chi connectivity index (χ2v) is 11.4. The smallest absolute Gasteiger partial charge is 0.257 e. The molecule has 7 unspecified atom stereocenters. The molecule has 5 aliphatic rings. The van der Waals surface area contributed by atoms with E-state index in [0.717, 1.165) is 12.8 Å². The Morgan fingerprint density at radius 2 is 1.97 bits per heavy atom. The Balaban J connectivity index is 1.13. The molecular formula is C26H27ClFN5O3. The van der Waals surface area contributed by atoms with Gasteiger partial charge in [0.25, 0.3) is 5.91 Å². The van der Waals surface area contributed by atoms with Crippen LogP contribution in [0.2, 0.25) is 5.02 Å². The van der Waals surface area contributed by atoms with Crippen LogP contribution >= 0.6 is 11.6 Å². The zero-order valence-electron chi connectivity index (χ0n) is 20.3. The predicted octanol–water partition coefficient (Wildman–Crippen LogP) is 3.28. The molecule has 1 aromatic carbocycles. The lowest BCUT2D eigenvalue weighted by Gasteiger charge is -2.53. The molecule has 8 nitrogen and oxygen atoms in total. The largest absolute Gasteiger partial charge is 0.487 e. The van der Waals surface area contributed by atoms with Crippen molar-refractivity contribution in [3.63, 3.8) is 0 Å². The third-order valence-corrected chi connectivity index (χ3v) is 9.37. The molecule has 0 bridgehead atoms. The van der Waals surface area contributed by atoms with E-state index in [9.17, 15) is 9.18 Å². The van der Waals surface area contributed by atoms with E-state index in [1.165, 1.54) is 18.2 Å². The molecule has 6 heterocycles. The number of morpholine rings is 1. The van der Waals surface area contributed by atoms with Crippen molar-refractivity contribution in [3.8, 4) is 5.75 Å². The molecular weight excluding hydrogens is 485 g/mol. The van der Waals surface area contributed by atoms with Crippen LogP contribution in [-0.4, -0.2) is 80.4 Å². The summed E-state index contributed by atoms with van der Waals surface area (Å²) in [5, 5.41) is 9.04. The summed E-state index contributed by atoms with van der Waals surface area (Å²) in [6.07, 6.45) is 2.30. The molecule has 0 radical (unpaired) electrons. The molecule has 10 heteroatoms. The van der Waals surface area contributed by atoms with Crippen LogP contribution in [0.15, 0.2) is 18.2 Å². The van der Waals surface area contributed by atoms with Crippen molar-refractivity contribution in [3.05, 3.63) is 51.8 Å². The zero-order valence-corrected chi connectivity index (χ0v) is 21.1. The third-order valence-electron chi connectivity index (χ3n) is 8.82. The molecule has 5 fully saturated rings. The average molecular weight is 512 g/mol. The van der Waals surface area contributed by atoms with Crippen molar-refractivity contribution in [2.75, 3.05) is 13.1 Å². The Hall–Kier alpha value is -2.62. The molecule has 1 aromatic heterocycles. The number of ether oxygens (including phenoxy) is 2. The molecule has 0 aliphatic carbocycles. The number of aromatic nitrogens is 2. The minimum atomic E-state index is -0.449. The quantitative estimate of drug-likeness (QED) is 0.633. The SMILES string of the molecule is Cc1nc(C2CN(C(=O)c3ccc(F)cc3OC3CC4C5OC5C5CC3(C)N45)CC2=N)nc(C)c1Cl. The summed E-state index contributed by atoms with van der Waals surface area (Å²) in [6.45, 7) is 6.23. The monoisotopic (exact) mass is 511 g/mol. The van der Waals surface area contributed by atoms with Crippen LogP contribution in [0.1, 0.15) is 53.3 Å². The van der Waals surface area contributed by atoms with E-state index in [1.807, 2.05) is 0 Å². The van der Waals surface area contributed by atoms with E-state index >= 15 is 0 Å². The number of hydrogen-bond donors (Lipinski definition) is 1. The second kappa shape index (κ2) is 7.46. The van der Waals surface area contributed by atoms with Crippen molar-refractivity contribution < 1.29 is 18.7 Å². The molecule has 0 saturated carbocycles. The number of epoxide rings is 1. The number of carbonyl (C=O) groups is 1. The molecule has 1 amide bonds. The number of aryl methyl sites for hydroxylation is 2. The fourth-order valence-electron chi connectivity index (χ4n) is 6.98. The van der Waals surface area contributed by atoms with Crippen molar-refractivity contribution >= 4 is 23.2 Å². The van der Waals surface area contributed by atoms with E-state index < -0.39 is 11.7 Å². The fraction of sp³-hybridized carbons (Fsp3) is 0.538. The van der Waals surface area contributed by atoms with E-state index in [0.29, 0.717) is 51.7 Å². The summed E-state index contributed by atoms with van der Waals surface area (Å²) < 4.78 is 26.6. The van der Waals surface area contributed by atoms with Crippen LogP contribution in [-0.2, 0) is 4.74 Å². The van der Waals surface area contributed by atoms with Gasteiger partial charge in [-0.25, -0.2) is 14.4 Å². The molecule has 7 atom stereocenters. The van der Waals surface area contributed by atoms with Crippen LogP contribution in [0.5, 0.6) is 5.75 Å². The fourth-order valence-corrected chi connectivity index (χ4v) is 7.07.